The van der Waals surface area contributed by atoms with E-state index in [1.165, 1.54) is 22.7 Å². The molecule has 20 heavy (non-hydrogen) atoms. The maximum atomic E-state index is 4.70. The second-order valence-electron chi connectivity index (χ2n) is 5.14. The molecule has 3 heterocycles. The molecule has 2 N–H and O–H groups in total. The van der Waals surface area contributed by atoms with Crippen LogP contribution in [0.15, 0.2) is 24.4 Å². The normalized spacial score (nSPS) is 18.4. The van der Waals surface area contributed by atoms with E-state index < -0.39 is 0 Å². The highest BCUT2D eigenvalue weighted by molar-refractivity contribution is 7.11. The third-order valence-electron chi connectivity index (χ3n) is 3.50. The van der Waals surface area contributed by atoms with E-state index in [2.05, 4.69) is 34.7 Å². The number of hydrogen-bond donors (Lipinski definition) is 2. The first kappa shape index (κ1) is 13.5. The number of hydrogen-bond acceptors (Lipinski definition) is 5. The molecular formula is C15H20N4S. The summed E-state index contributed by atoms with van der Waals surface area (Å²) in [6, 6.07) is 6.65. The number of pyridine rings is 1. The van der Waals surface area contributed by atoms with Gasteiger partial charge in [-0.1, -0.05) is 6.07 Å². The van der Waals surface area contributed by atoms with Gasteiger partial charge in [-0.25, -0.2) is 9.97 Å². The predicted molar refractivity (Wildman–Crippen MR) is 83.3 cm³/mol. The number of thiazole rings is 1. The van der Waals surface area contributed by atoms with Gasteiger partial charge in [0, 0.05) is 30.1 Å². The van der Waals surface area contributed by atoms with Crippen LogP contribution in [0.5, 0.6) is 0 Å². The van der Waals surface area contributed by atoms with Gasteiger partial charge < -0.3 is 10.6 Å². The lowest BCUT2D eigenvalue weighted by Gasteiger charge is -2.11. The van der Waals surface area contributed by atoms with Crippen LogP contribution in [0.2, 0.25) is 0 Å². The molecule has 0 spiro atoms. The van der Waals surface area contributed by atoms with Crippen LogP contribution in [0.4, 0.5) is 5.82 Å². The zero-order valence-corrected chi connectivity index (χ0v) is 12.5. The van der Waals surface area contributed by atoms with Gasteiger partial charge in [-0.15, -0.1) is 11.3 Å². The SMILES string of the molecule is Cc1cnc(CCNc2cccc(C3CCCN3)n2)s1. The summed E-state index contributed by atoms with van der Waals surface area (Å²) in [5.41, 5.74) is 1.15. The van der Waals surface area contributed by atoms with Crippen molar-refractivity contribution in [1.29, 1.82) is 0 Å². The molecular weight excluding hydrogens is 268 g/mol. The van der Waals surface area contributed by atoms with Gasteiger partial charge >= 0.3 is 0 Å². The van der Waals surface area contributed by atoms with Crippen LogP contribution in [0.3, 0.4) is 0 Å². The van der Waals surface area contributed by atoms with Gasteiger partial charge in [-0.05, 0) is 38.4 Å². The fraction of sp³-hybridized carbons (Fsp3) is 0.467. The molecule has 1 saturated heterocycles. The summed E-state index contributed by atoms with van der Waals surface area (Å²) in [6.07, 6.45) is 5.32. The van der Waals surface area contributed by atoms with Crippen LogP contribution in [0.25, 0.3) is 0 Å². The lowest BCUT2D eigenvalue weighted by atomic mass is 10.1. The number of rotatable bonds is 5. The molecule has 1 unspecified atom stereocenters. The van der Waals surface area contributed by atoms with Crippen molar-refractivity contribution in [3.8, 4) is 0 Å². The number of aromatic nitrogens is 2. The minimum absolute atomic E-state index is 0.429. The van der Waals surface area contributed by atoms with E-state index in [-0.39, 0.29) is 0 Å². The Bertz CT molecular complexity index is 561. The fourth-order valence-corrected chi connectivity index (χ4v) is 3.28. The molecule has 1 fully saturated rings. The second-order valence-corrected chi connectivity index (χ2v) is 6.46. The van der Waals surface area contributed by atoms with Gasteiger partial charge in [0.05, 0.1) is 10.7 Å². The smallest absolute Gasteiger partial charge is 0.126 e. The van der Waals surface area contributed by atoms with E-state index in [0.29, 0.717) is 6.04 Å². The lowest BCUT2D eigenvalue weighted by molar-refractivity contribution is 0.628. The Kier molecular flexibility index (Phi) is 4.28. The molecule has 0 aromatic carbocycles. The highest BCUT2D eigenvalue weighted by Gasteiger charge is 2.17. The zero-order chi connectivity index (χ0) is 13.8. The molecule has 4 nitrogen and oxygen atoms in total. The summed E-state index contributed by atoms with van der Waals surface area (Å²) in [5.74, 6) is 0.962. The lowest BCUT2D eigenvalue weighted by Crippen LogP contribution is -2.15. The maximum absolute atomic E-state index is 4.70. The molecule has 0 bridgehead atoms. The van der Waals surface area contributed by atoms with Crippen molar-refractivity contribution in [2.75, 3.05) is 18.4 Å². The van der Waals surface area contributed by atoms with Crippen molar-refractivity contribution in [2.24, 2.45) is 0 Å². The summed E-state index contributed by atoms with van der Waals surface area (Å²) in [6.45, 7) is 4.07. The topological polar surface area (TPSA) is 49.8 Å². The van der Waals surface area contributed by atoms with Crippen LogP contribution in [-0.4, -0.2) is 23.1 Å². The van der Waals surface area contributed by atoms with Crippen LogP contribution in [-0.2, 0) is 6.42 Å². The average Bonchev–Trinajstić information content (AvgIpc) is 3.11. The van der Waals surface area contributed by atoms with Crippen molar-refractivity contribution < 1.29 is 0 Å². The Morgan fingerprint density at radius 2 is 2.40 bits per heavy atom. The largest absolute Gasteiger partial charge is 0.370 e. The van der Waals surface area contributed by atoms with Crippen LogP contribution in [0.1, 0.15) is 34.5 Å². The summed E-state index contributed by atoms with van der Waals surface area (Å²) < 4.78 is 0. The predicted octanol–water partition coefficient (Wildman–Crippen LogP) is 2.93. The third kappa shape index (κ3) is 3.35. The maximum Gasteiger partial charge on any atom is 0.126 e. The molecule has 0 radical (unpaired) electrons. The van der Waals surface area contributed by atoms with Crippen molar-refractivity contribution >= 4 is 17.2 Å². The Balaban J connectivity index is 1.55. The number of nitrogens with one attached hydrogen (secondary N) is 2. The molecule has 1 aliphatic rings. The highest BCUT2D eigenvalue weighted by Crippen LogP contribution is 2.22. The van der Waals surface area contributed by atoms with Crippen molar-refractivity contribution in [2.45, 2.75) is 32.2 Å². The molecule has 0 aliphatic carbocycles. The molecule has 1 aliphatic heterocycles. The molecule has 2 aromatic rings. The zero-order valence-electron chi connectivity index (χ0n) is 11.7. The Hall–Kier alpha value is -1.46. The van der Waals surface area contributed by atoms with Crippen LogP contribution < -0.4 is 10.6 Å². The van der Waals surface area contributed by atoms with Gasteiger partial charge in [0.25, 0.3) is 0 Å². The molecule has 1 atom stereocenters. The Morgan fingerprint density at radius 3 is 3.15 bits per heavy atom. The average molecular weight is 288 g/mol. The first-order valence-corrected chi connectivity index (χ1v) is 7.98. The summed E-state index contributed by atoms with van der Waals surface area (Å²) in [5, 5.41) is 8.06. The van der Waals surface area contributed by atoms with Gasteiger partial charge in [0.15, 0.2) is 0 Å². The third-order valence-corrected chi connectivity index (χ3v) is 4.47. The fourth-order valence-electron chi connectivity index (χ4n) is 2.50. The quantitative estimate of drug-likeness (QED) is 0.888. The standard InChI is InChI=1S/C15H20N4S/c1-11-10-18-15(20-11)7-9-17-14-6-2-4-13(19-14)12-5-3-8-16-12/h2,4,6,10,12,16H,3,5,7-9H2,1H3,(H,17,19). The number of aryl methyl sites for hydroxylation is 1. The van der Waals surface area contributed by atoms with Crippen molar-refractivity contribution in [3.63, 3.8) is 0 Å². The van der Waals surface area contributed by atoms with Crippen LogP contribution in [0, 0.1) is 6.92 Å². The molecule has 0 saturated carbocycles. The van der Waals surface area contributed by atoms with Gasteiger partial charge in [-0.2, -0.15) is 0 Å². The highest BCUT2D eigenvalue weighted by atomic mass is 32.1. The minimum Gasteiger partial charge on any atom is -0.370 e. The van der Waals surface area contributed by atoms with Crippen molar-refractivity contribution in [3.05, 3.63) is 40.0 Å². The molecule has 2 aromatic heterocycles. The van der Waals surface area contributed by atoms with Crippen molar-refractivity contribution in [1.82, 2.24) is 15.3 Å². The molecule has 5 heteroatoms. The summed E-state index contributed by atoms with van der Waals surface area (Å²) in [7, 11) is 0. The summed E-state index contributed by atoms with van der Waals surface area (Å²) in [4.78, 5) is 10.3. The number of anilines is 1. The van der Waals surface area contributed by atoms with E-state index >= 15 is 0 Å². The van der Waals surface area contributed by atoms with Gasteiger partial charge in [0.1, 0.15) is 5.82 Å². The minimum atomic E-state index is 0.429. The Labute approximate surface area is 123 Å². The van der Waals surface area contributed by atoms with E-state index in [0.717, 1.165) is 31.0 Å². The van der Waals surface area contributed by atoms with E-state index in [9.17, 15) is 0 Å². The Morgan fingerprint density at radius 1 is 1.45 bits per heavy atom. The molecule has 106 valence electrons. The second kappa shape index (κ2) is 6.33. The monoisotopic (exact) mass is 288 g/mol. The van der Waals surface area contributed by atoms with E-state index in [4.69, 9.17) is 4.98 Å². The first-order valence-electron chi connectivity index (χ1n) is 7.17. The molecule has 3 rings (SSSR count). The molecule has 0 amide bonds. The van der Waals surface area contributed by atoms with Gasteiger partial charge in [0.2, 0.25) is 0 Å². The van der Waals surface area contributed by atoms with E-state index in [1.54, 1.807) is 11.3 Å². The van der Waals surface area contributed by atoms with Gasteiger partial charge in [-0.3, -0.25) is 0 Å². The van der Waals surface area contributed by atoms with E-state index in [1.807, 2.05) is 12.3 Å². The first-order chi connectivity index (χ1) is 9.81. The van der Waals surface area contributed by atoms with Crippen LogP contribution >= 0.6 is 11.3 Å². The number of nitrogens with zero attached hydrogens (tertiary/aromatic N) is 2. The summed E-state index contributed by atoms with van der Waals surface area (Å²) >= 11 is 1.76.